The summed E-state index contributed by atoms with van der Waals surface area (Å²) in [6.07, 6.45) is 1.71. The molecular formula is C12H9BClNO2. The van der Waals surface area contributed by atoms with E-state index in [0.717, 1.165) is 22.3 Å². The lowest BCUT2D eigenvalue weighted by Crippen LogP contribution is -2.28. The van der Waals surface area contributed by atoms with Gasteiger partial charge in [-0.05, 0) is 29.2 Å². The van der Waals surface area contributed by atoms with Gasteiger partial charge < -0.3 is 9.68 Å². The van der Waals surface area contributed by atoms with Gasteiger partial charge in [0.25, 0.3) is 0 Å². The third-order valence-electron chi connectivity index (χ3n) is 2.83. The highest BCUT2D eigenvalue weighted by atomic mass is 35.5. The Morgan fingerprint density at radius 3 is 3.00 bits per heavy atom. The summed E-state index contributed by atoms with van der Waals surface area (Å²) >= 11 is 6.21. The summed E-state index contributed by atoms with van der Waals surface area (Å²) < 4.78 is 5.15. The molecule has 5 heteroatoms. The number of benzene rings is 1. The van der Waals surface area contributed by atoms with E-state index in [2.05, 4.69) is 4.98 Å². The van der Waals surface area contributed by atoms with E-state index in [-0.39, 0.29) is 0 Å². The summed E-state index contributed by atoms with van der Waals surface area (Å²) in [5.41, 5.74) is 3.31. The predicted molar refractivity (Wildman–Crippen MR) is 67.1 cm³/mol. The maximum atomic E-state index is 9.66. The number of aromatic nitrogens is 1. The quantitative estimate of drug-likeness (QED) is 0.776. The van der Waals surface area contributed by atoms with Crippen LogP contribution in [0.2, 0.25) is 5.02 Å². The highest BCUT2D eigenvalue weighted by Gasteiger charge is 2.28. The molecule has 2 heterocycles. The third-order valence-corrected chi connectivity index (χ3v) is 3.15. The zero-order valence-electron chi connectivity index (χ0n) is 8.93. The molecule has 0 atom stereocenters. The van der Waals surface area contributed by atoms with Crippen LogP contribution in [-0.2, 0) is 11.3 Å². The largest absolute Gasteiger partial charge is 0.491 e. The average molecular weight is 245 g/mol. The zero-order valence-corrected chi connectivity index (χ0v) is 9.69. The molecule has 1 aromatic heterocycles. The van der Waals surface area contributed by atoms with Gasteiger partial charge in [0, 0.05) is 11.8 Å². The van der Waals surface area contributed by atoms with E-state index in [0.29, 0.717) is 11.6 Å². The molecule has 0 aliphatic carbocycles. The van der Waals surface area contributed by atoms with Gasteiger partial charge in [0.15, 0.2) is 0 Å². The van der Waals surface area contributed by atoms with Crippen LogP contribution < -0.4 is 5.46 Å². The standard InChI is InChI=1S/C12H9BClNO2/c14-11-5-8-7-17-13(16)10(8)6-9(11)12-3-1-2-4-15-12/h1-6,16H,7H2. The Balaban J connectivity index is 2.16. The van der Waals surface area contributed by atoms with Gasteiger partial charge in [0.1, 0.15) is 0 Å². The van der Waals surface area contributed by atoms with Gasteiger partial charge in [0.05, 0.1) is 17.3 Å². The van der Waals surface area contributed by atoms with Crippen LogP contribution in [0.25, 0.3) is 11.3 Å². The maximum Gasteiger partial charge on any atom is 0.491 e. The van der Waals surface area contributed by atoms with Crippen LogP contribution >= 0.6 is 11.6 Å². The molecule has 0 radical (unpaired) electrons. The molecule has 1 aliphatic rings. The first-order valence-electron chi connectivity index (χ1n) is 5.29. The van der Waals surface area contributed by atoms with E-state index in [4.69, 9.17) is 16.3 Å². The highest BCUT2D eigenvalue weighted by Crippen LogP contribution is 2.28. The Labute approximate surface area is 104 Å². The monoisotopic (exact) mass is 245 g/mol. The number of hydrogen-bond acceptors (Lipinski definition) is 3. The molecule has 0 spiro atoms. The normalized spacial score (nSPS) is 13.9. The Bertz CT molecular complexity index is 562. The van der Waals surface area contributed by atoms with Crippen LogP contribution in [0, 0.1) is 0 Å². The molecule has 1 aromatic carbocycles. The molecule has 0 fully saturated rings. The van der Waals surface area contributed by atoms with Crippen LogP contribution in [0.3, 0.4) is 0 Å². The van der Waals surface area contributed by atoms with Gasteiger partial charge in [-0.3, -0.25) is 4.98 Å². The van der Waals surface area contributed by atoms with Gasteiger partial charge in [-0.1, -0.05) is 23.7 Å². The molecule has 1 N–H and O–H groups in total. The zero-order chi connectivity index (χ0) is 11.8. The summed E-state index contributed by atoms with van der Waals surface area (Å²) in [5, 5.41) is 10.3. The lowest BCUT2D eigenvalue weighted by atomic mass is 9.78. The number of halogens is 1. The molecule has 0 saturated carbocycles. The summed E-state index contributed by atoms with van der Waals surface area (Å²) in [7, 11) is -0.857. The molecule has 1 aliphatic heterocycles. The van der Waals surface area contributed by atoms with E-state index in [9.17, 15) is 5.02 Å². The number of pyridine rings is 1. The minimum Gasteiger partial charge on any atom is -0.423 e. The van der Waals surface area contributed by atoms with E-state index in [1.807, 2.05) is 30.3 Å². The molecule has 2 aromatic rings. The molecule has 0 unspecified atom stereocenters. The van der Waals surface area contributed by atoms with Crippen molar-refractivity contribution in [3.8, 4) is 11.3 Å². The fourth-order valence-electron chi connectivity index (χ4n) is 1.96. The second kappa shape index (κ2) is 4.15. The summed E-state index contributed by atoms with van der Waals surface area (Å²) in [6, 6.07) is 9.31. The van der Waals surface area contributed by atoms with Crippen molar-refractivity contribution in [2.24, 2.45) is 0 Å². The Morgan fingerprint density at radius 2 is 2.24 bits per heavy atom. The Kier molecular flexibility index (Phi) is 2.63. The van der Waals surface area contributed by atoms with Crippen molar-refractivity contribution < 1.29 is 9.68 Å². The van der Waals surface area contributed by atoms with E-state index in [1.165, 1.54) is 0 Å². The number of hydrogen-bond donors (Lipinski definition) is 1. The highest BCUT2D eigenvalue weighted by molar-refractivity contribution is 6.61. The summed E-state index contributed by atoms with van der Waals surface area (Å²) in [5.74, 6) is 0. The van der Waals surface area contributed by atoms with Crippen molar-refractivity contribution in [3.05, 3.63) is 47.1 Å². The Hall–Kier alpha value is -1.36. The van der Waals surface area contributed by atoms with Crippen molar-refractivity contribution in [1.82, 2.24) is 4.98 Å². The van der Waals surface area contributed by atoms with Gasteiger partial charge in [-0.2, -0.15) is 0 Å². The summed E-state index contributed by atoms with van der Waals surface area (Å²) in [6.45, 7) is 0.402. The van der Waals surface area contributed by atoms with Gasteiger partial charge in [-0.15, -0.1) is 0 Å². The lowest BCUT2D eigenvalue weighted by Gasteiger charge is -2.06. The number of nitrogens with zero attached hydrogens (tertiary/aromatic N) is 1. The van der Waals surface area contributed by atoms with E-state index < -0.39 is 7.12 Å². The van der Waals surface area contributed by atoms with Crippen LogP contribution in [0.1, 0.15) is 5.56 Å². The summed E-state index contributed by atoms with van der Waals surface area (Å²) in [4.78, 5) is 4.25. The van der Waals surface area contributed by atoms with Crippen LogP contribution in [0.5, 0.6) is 0 Å². The Morgan fingerprint density at radius 1 is 1.35 bits per heavy atom. The SMILES string of the molecule is OB1OCc2cc(Cl)c(-c3ccccn3)cc21. The number of fused-ring (bicyclic) bond motifs is 1. The van der Waals surface area contributed by atoms with Crippen LogP contribution in [0.4, 0.5) is 0 Å². The topological polar surface area (TPSA) is 42.4 Å². The second-order valence-electron chi connectivity index (χ2n) is 3.91. The van der Waals surface area contributed by atoms with Crippen LogP contribution in [-0.4, -0.2) is 17.1 Å². The molecule has 0 amide bonds. The van der Waals surface area contributed by atoms with Crippen molar-refractivity contribution in [1.29, 1.82) is 0 Å². The fourth-order valence-corrected chi connectivity index (χ4v) is 2.25. The minimum absolute atomic E-state index is 0.402. The first-order valence-corrected chi connectivity index (χ1v) is 5.67. The third kappa shape index (κ3) is 1.84. The average Bonchev–Trinajstić information content (AvgIpc) is 2.70. The van der Waals surface area contributed by atoms with E-state index >= 15 is 0 Å². The van der Waals surface area contributed by atoms with Gasteiger partial charge in [-0.25, -0.2) is 0 Å². The van der Waals surface area contributed by atoms with Crippen molar-refractivity contribution in [2.75, 3.05) is 0 Å². The maximum absolute atomic E-state index is 9.66. The van der Waals surface area contributed by atoms with E-state index in [1.54, 1.807) is 6.20 Å². The van der Waals surface area contributed by atoms with Crippen molar-refractivity contribution >= 4 is 24.2 Å². The minimum atomic E-state index is -0.857. The predicted octanol–water partition coefficient (Wildman–Crippen LogP) is 1.62. The van der Waals surface area contributed by atoms with Crippen molar-refractivity contribution in [3.63, 3.8) is 0 Å². The first kappa shape index (κ1) is 10.8. The smallest absolute Gasteiger partial charge is 0.423 e. The van der Waals surface area contributed by atoms with Crippen molar-refractivity contribution in [2.45, 2.75) is 6.61 Å². The van der Waals surface area contributed by atoms with Gasteiger partial charge in [0.2, 0.25) is 0 Å². The molecule has 84 valence electrons. The second-order valence-corrected chi connectivity index (χ2v) is 4.32. The first-order chi connectivity index (χ1) is 8.25. The lowest BCUT2D eigenvalue weighted by molar-refractivity contribution is 0.275. The molecular weight excluding hydrogens is 236 g/mol. The molecule has 0 bridgehead atoms. The molecule has 3 rings (SSSR count). The van der Waals surface area contributed by atoms with Crippen LogP contribution in [0.15, 0.2) is 36.5 Å². The molecule has 3 nitrogen and oxygen atoms in total. The fraction of sp³-hybridized carbons (Fsp3) is 0.0833. The van der Waals surface area contributed by atoms with Gasteiger partial charge >= 0.3 is 7.12 Å². The number of rotatable bonds is 1. The molecule has 0 saturated heterocycles. The molecule has 17 heavy (non-hydrogen) atoms.